The van der Waals surface area contributed by atoms with E-state index in [1.54, 1.807) is 6.07 Å². The highest BCUT2D eigenvalue weighted by molar-refractivity contribution is 7.89. The van der Waals surface area contributed by atoms with Crippen molar-refractivity contribution >= 4 is 16.0 Å². The van der Waals surface area contributed by atoms with Gasteiger partial charge in [0, 0.05) is 19.2 Å². The quantitative estimate of drug-likeness (QED) is 0.725. The van der Waals surface area contributed by atoms with Gasteiger partial charge in [-0.1, -0.05) is 0 Å². The number of esters is 1. The number of sulfonamides is 1. The molecule has 8 nitrogen and oxygen atoms in total. The maximum Gasteiger partial charge on any atom is 0.310 e. The number of piperidine rings is 1. The molecular weight excluding hydrogens is 360 g/mol. The van der Waals surface area contributed by atoms with Crippen molar-refractivity contribution in [2.75, 3.05) is 26.3 Å². The van der Waals surface area contributed by atoms with E-state index in [2.05, 4.69) is 0 Å². The van der Waals surface area contributed by atoms with E-state index in [0.29, 0.717) is 37.6 Å². The van der Waals surface area contributed by atoms with Crippen LogP contribution in [0, 0.1) is 17.2 Å². The predicted octanol–water partition coefficient (Wildman–Crippen LogP) is 1.31. The van der Waals surface area contributed by atoms with E-state index in [-0.39, 0.29) is 18.0 Å². The topological polar surface area (TPSA) is 106 Å². The van der Waals surface area contributed by atoms with Gasteiger partial charge < -0.3 is 14.2 Å². The summed E-state index contributed by atoms with van der Waals surface area (Å²) in [6.45, 7) is 2.76. The maximum atomic E-state index is 12.8. The van der Waals surface area contributed by atoms with Crippen molar-refractivity contribution < 1.29 is 27.4 Å². The summed E-state index contributed by atoms with van der Waals surface area (Å²) in [4.78, 5) is 12.1. The Labute approximate surface area is 152 Å². The largest absolute Gasteiger partial charge is 0.486 e. The maximum absolute atomic E-state index is 12.8. The number of carbonyl (C=O) groups is 1. The summed E-state index contributed by atoms with van der Waals surface area (Å²) in [5, 5.41) is 8.71. The van der Waals surface area contributed by atoms with E-state index < -0.39 is 28.0 Å². The number of ether oxygens (including phenoxy) is 3. The highest BCUT2D eigenvalue weighted by Gasteiger charge is 2.33. The molecule has 9 heteroatoms. The fourth-order valence-corrected chi connectivity index (χ4v) is 4.45. The molecular formula is C17H20N2O6S. The van der Waals surface area contributed by atoms with Gasteiger partial charge in [-0.15, -0.1) is 0 Å². The average molecular weight is 380 g/mol. The highest BCUT2D eigenvalue weighted by Crippen LogP contribution is 2.34. The van der Waals surface area contributed by atoms with Crippen LogP contribution in [0.15, 0.2) is 23.1 Å². The molecule has 0 aromatic heterocycles. The molecule has 2 aliphatic rings. The lowest BCUT2D eigenvalue weighted by Crippen LogP contribution is -2.41. The van der Waals surface area contributed by atoms with E-state index in [4.69, 9.17) is 19.5 Å². The molecule has 2 aliphatic heterocycles. The van der Waals surface area contributed by atoms with Crippen molar-refractivity contribution in [3.8, 4) is 17.6 Å². The van der Waals surface area contributed by atoms with Crippen LogP contribution in [-0.4, -0.2) is 51.1 Å². The first-order valence-corrected chi connectivity index (χ1v) is 9.85. The van der Waals surface area contributed by atoms with Gasteiger partial charge in [-0.2, -0.15) is 9.57 Å². The summed E-state index contributed by atoms with van der Waals surface area (Å²) in [5.41, 5.74) is 0. The zero-order valence-corrected chi connectivity index (χ0v) is 15.2. The second kappa shape index (κ2) is 7.51. The Morgan fingerprint density at radius 3 is 2.58 bits per heavy atom. The molecule has 1 fully saturated rings. The molecule has 0 saturated carbocycles. The molecule has 0 amide bonds. The number of carbonyl (C=O) groups excluding carboxylic acids is 1. The van der Waals surface area contributed by atoms with E-state index >= 15 is 0 Å². The summed E-state index contributed by atoms with van der Waals surface area (Å²) in [7, 11) is -3.68. The van der Waals surface area contributed by atoms with Gasteiger partial charge in [-0.05, 0) is 31.9 Å². The Hall–Kier alpha value is -2.31. The van der Waals surface area contributed by atoms with Gasteiger partial charge >= 0.3 is 5.97 Å². The van der Waals surface area contributed by atoms with Gasteiger partial charge in [0.1, 0.15) is 19.3 Å². The fourth-order valence-electron chi connectivity index (χ4n) is 2.96. The third kappa shape index (κ3) is 3.76. The van der Waals surface area contributed by atoms with Crippen molar-refractivity contribution in [3.63, 3.8) is 0 Å². The number of nitriles is 1. The van der Waals surface area contributed by atoms with Gasteiger partial charge in [0.25, 0.3) is 0 Å². The third-order valence-electron chi connectivity index (χ3n) is 4.41. The number of benzene rings is 1. The predicted molar refractivity (Wildman–Crippen MR) is 90.1 cm³/mol. The third-order valence-corrected chi connectivity index (χ3v) is 6.31. The molecule has 26 heavy (non-hydrogen) atoms. The lowest BCUT2D eigenvalue weighted by molar-refractivity contribution is -0.152. The van der Waals surface area contributed by atoms with E-state index in [1.165, 1.54) is 23.4 Å². The average Bonchev–Trinajstić information content (AvgIpc) is 2.67. The van der Waals surface area contributed by atoms with E-state index in [0.717, 1.165) is 0 Å². The Kier molecular flexibility index (Phi) is 5.34. The second-order valence-corrected chi connectivity index (χ2v) is 8.13. The van der Waals surface area contributed by atoms with Crippen LogP contribution >= 0.6 is 0 Å². The number of hydrogen-bond donors (Lipinski definition) is 0. The van der Waals surface area contributed by atoms with Crippen molar-refractivity contribution in [1.29, 1.82) is 5.26 Å². The molecule has 1 aromatic carbocycles. The number of hydrogen-bond acceptors (Lipinski definition) is 7. The standard InChI is InChI=1S/C17H20N2O6S/c1-12(11-18)25-17(20)13-4-6-19(7-5-13)26(21,22)14-2-3-15-16(10-14)24-9-8-23-15/h2-3,10,12-13H,4-9H2,1H3. The zero-order valence-electron chi connectivity index (χ0n) is 14.4. The Bertz CT molecular complexity index is 824. The number of fused-ring (bicyclic) bond motifs is 1. The Balaban J connectivity index is 1.67. The molecule has 1 aromatic rings. The highest BCUT2D eigenvalue weighted by atomic mass is 32.2. The second-order valence-electron chi connectivity index (χ2n) is 6.19. The molecule has 0 N–H and O–H groups in total. The van der Waals surface area contributed by atoms with Gasteiger partial charge in [0.15, 0.2) is 17.6 Å². The lowest BCUT2D eigenvalue weighted by atomic mass is 9.98. The summed E-state index contributed by atoms with van der Waals surface area (Å²) < 4.78 is 42.9. The van der Waals surface area contributed by atoms with Gasteiger partial charge in [-0.3, -0.25) is 4.79 Å². The molecule has 140 valence electrons. The molecule has 0 radical (unpaired) electrons. The summed E-state index contributed by atoms with van der Waals surface area (Å²) >= 11 is 0. The minimum Gasteiger partial charge on any atom is -0.486 e. The van der Waals surface area contributed by atoms with Crippen LogP contribution in [0.4, 0.5) is 0 Å². The van der Waals surface area contributed by atoms with E-state index in [1.807, 2.05) is 6.07 Å². The molecule has 2 heterocycles. The molecule has 1 saturated heterocycles. The molecule has 3 rings (SSSR count). The molecule has 0 aliphatic carbocycles. The van der Waals surface area contributed by atoms with Gasteiger partial charge in [0.05, 0.1) is 10.8 Å². The monoisotopic (exact) mass is 380 g/mol. The Morgan fingerprint density at radius 1 is 1.27 bits per heavy atom. The van der Waals surface area contributed by atoms with Crippen molar-refractivity contribution in [1.82, 2.24) is 4.31 Å². The Morgan fingerprint density at radius 2 is 1.92 bits per heavy atom. The summed E-state index contributed by atoms with van der Waals surface area (Å²) in [5.74, 6) is 0.109. The van der Waals surface area contributed by atoms with Crippen LogP contribution in [0.2, 0.25) is 0 Å². The molecule has 1 atom stereocenters. The van der Waals surface area contributed by atoms with Gasteiger partial charge in [0.2, 0.25) is 10.0 Å². The van der Waals surface area contributed by atoms with Crippen LogP contribution in [0.3, 0.4) is 0 Å². The number of nitrogens with zero attached hydrogens (tertiary/aromatic N) is 2. The van der Waals surface area contributed by atoms with Crippen molar-refractivity contribution in [3.05, 3.63) is 18.2 Å². The van der Waals surface area contributed by atoms with Crippen molar-refractivity contribution in [2.24, 2.45) is 5.92 Å². The minimum absolute atomic E-state index is 0.140. The van der Waals surface area contributed by atoms with Crippen LogP contribution in [0.1, 0.15) is 19.8 Å². The van der Waals surface area contributed by atoms with Crippen LogP contribution in [0.25, 0.3) is 0 Å². The molecule has 0 spiro atoms. The van der Waals surface area contributed by atoms with Crippen LogP contribution in [0.5, 0.6) is 11.5 Å². The number of rotatable bonds is 4. The first-order chi connectivity index (χ1) is 12.4. The lowest BCUT2D eigenvalue weighted by Gasteiger charge is -2.30. The zero-order chi connectivity index (χ0) is 18.7. The van der Waals surface area contributed by atoms with Crippen molar-refractivity contribution in [2.45, 2.75) is 30.8 Å². The smallest absolute Gasteiger partial charge is 0.310 e. The minimum atomic E-state index is -3.68. The molecule has 0 bridgehead atoms. The SMILES string of the molecule is CC(C#N)OC(=O)C1CCN(S(=O)(=O)c2ccc3c(c2)OCCO3)CC1. The summed E-state index contributed by atoms with van der Waals surface area (Å²) in [6, 6.07) is 6.40. The van der Waals surface area contributed by atoms with E-state index in [9.17, 15) is 13.2 Å². The first kappa shape index (κ1) is 18.5. The summed E-state index contributed by atoms with van der Waals surface area (Å²) in [6.07, 6.45) is -0.0800. The fraction of sp³-hybridized carbons (Fsp3) is 0.529. The van der Waals surface area contributed by atoms with Gasteiger partial charge in [-0.25, -0.2) is 8.42 Å². The normalized spacial score (nSPS) is 19.4. The van der Waals surface area contributed by atoms with Crippen LogP contribution < -0.4 is 9.47 Å². The van der Waals surface area contributed by atoms with Crippen LogP contribution in [-0.2, 0) is 19.6 Å². The molecule has 1 unspecified atom stereocenters. The first-order valence-electron chi connectivity index (χ1n) is 8.41.